The first-order chi connectivity index (χ1) is 7.56. The maximum Gasteiger partial charge on any atom is 0.251 e. The Labute approximate surface area is 101 Å². The molecule has 1 N–H and O–H groups in total. The Morgan fingerprint density at radius 2 is 1.94 bits per heavy atom. The summed E-state index contributed by atoms with van der Waals surface area (Å²) in [4.78, 5) is 13.8. The van der Waals surface area contributed by atoms with Crippen LogP contribution in [0.4, 0.5) is 0 Å². The van der Waals surface area contributed by atoms with Crippen LogP contribution in [0.5, 0.6) is 0 Å². The van der Waals surface area contributed by atoms with E-state index in [0.29, 0.717) is 10.8 Å². The van der Waals surface area contributed by atoms with E-state index >= 15 is 0 Å². The van der Waals surface area contributed by atoms with Gasteiger partial charge in [-0.15, -0.1) is 0 Å². The molecule has 0 aromatic carbocycles. The van der Waals surface area contributed by atoms with Crippen LogP contribution in [0.15, 0.2) is 17.1 Å². The van der Waals surface area contributed by atoms with Crippen LogP contribution in [0.25, 0.3) is 0 Å². The molecule has 16 heavy (non-hydrogen) atoms. The zero-order valence-electron chi connectivity index (χ0n) is 9.77. The fraction of sp³-hybridized carbons (Fsp3) is 0.667. The molecule has 0 aliphatic heterocycles. The van der Waals surface area contributed by atoms with Crippen molar-refractivity contribution in [3.8, 4) is 0 Å². The van der Waals surface area contributed by atoms with Crippen molar-refractivity contribution in [2.75, 3.05) is 0 Å². The Morgan fingerprint density at radius 3 is 2.50 bits per heavy atom. The zero-order chi connectivity index (χ0) is 11.7. The molecular weight excluding hydrogens is 220 g/mol. The number of hydrogen-bond acceptors (Lipinski definition) is 2. The van der Waals surface area contributed by atoms with Crippen molar-refractivity contribution in [1.82, 2.24) is 9.55 Å². The van der Waals surface area contributed by atoms with Crippen molar-refractivity contribution in [3.63, 3.8) is 0 Å². The van der Waals surface area contributed by atoms with Gasteiger partial charge in [-0.05, 0) is 43.3 Å². The Kier molecular flexibility index (Phi) is 3.28. The first-order valence-corrected chi connectivity index (χ1v) is 6.28. The second kappa shape index (κ2) is 4.53. The van der Waals surface area contributed by atoms with Crippen LogP contribution in [-0.4, -0.2) is 9.55 Å². The standard InChI is InChI=1S/C12H18N2OS/c1-8-5-9(2)7-10(6-8)14-4-3-11(15)13-12(14)16/h3-4,8-10H,5-7H2,1-2H3,(H,13,15,16). The minimum absolute atomic E-state index is 0.113. The number of rotatable bonds is 1. The topological polar surface area (TPSA) is 37.8 Å². The summed E-state index contributed by atoms with van der Waals surface area (Å²) in [6, 6.07) is 2.00. The third-order valence-corrected chi connectivity index (χ3v) is 3.71. The maximum atomic E-state index is 11.1. The molecule has 0 spiro atoms. The molecule has 88 valence electrons. The lowest BCUT2D eigenvalue weighted by Crippen LogP contribution is -2.24. The van der Waals surface area contributed by atoms with Crippen molar-refractivity contribution in [3.05, 3.63) is 27.4 Å². The number of H-pyrrole nitrogens is 1. The highest BCUT2D eigenvalue weighted by atomic mass is 32.1. The van der Waals surface area contributed by atoms with Gasteiger partial charge in [0.2, 0.25) is 0 Å². The van der Waals surface area contributed by atoms with Crippen molar-refractivity contribution >= 4 is 12.2 Å². The number of aromatic nitrogens is 2. The molecule has 0 amide bonds. The van der Waals surface area contributed by atoms with Crippen LogP contribution in [0, 0.1) is 16.6 Å². The highest BCUT2D eigenvalue weighted by molar-refractivity contribution is 7.71. The summed E-state index contributed by atoms with van der Waals surface area (Å²) in [6.45, 7) is 4.58. The largest absolute Gasteiger partial charge is 0.322 e. The molecule has 1 aliphatic carbocycles. The van der Waals surface area contributed by atoms with Gasteiger partial charge in [0.05, 0.1) is 0 Å². The van der Waals surface area contributed by atoms with Gasteiger partial charge in [-0.2, -0.15) is 0 Å². The van der Waals surface area contributed by atoms with Crippen LogP contribution in [0.2, 0.25) is 0 Å². The van der Waals surface area contributed by atoms with E-state index in [1.807, 2.05) is 10.8 Å². The molecule has 0 bridgehead atoms. The maximum absolute atomic E-state index is 11.1. The van der Waals surface area contributed by atoms with Crippen molar-refractivity contribution in [2.24, 2.45) is 11.8 Å². The number of nitrogens with zero attached hydrogens (tertiary/aromatic N) is 1. The van der Waals surface area contributed by atoms with Gasteiger partial charge in [0.15, 0.2) is 4.77 Å². The minimum Gasteiger partial charge on any atom is -0.322 e. The molecule has 1 heterocycles. The van der Waals surface area contributed by atoms with E-state index in [-0.39, 0.29) is 5.56 Å². The van der Waals surface area contributed by atoms with Crippen molar-refractivity contribution in [1.29, 1.82) is 0 Å². The predicted octanol–water partition coefficient (Wildman–Crippen LogP) is 2.90. The zero-order valence-corrected chi connectivity index (χ0v) is 10.6. The summed E-state index contributed by atoms with van der Waals surface area (Å²) >= 11 is 5.21. The third-order valence-electron chi connectivity index (χ3n) is 3.40. The Morgan fingerprint density at radius 1 is 1.31 bits per heavy atom. The van der Waals surface area contributed by atoms with Gasteiger partial charge in [-0.3, -0.25) is 9.78 Å². The van der Waals surface area contributed by atoms with E-state index < -0.39 is 0 Å². The second-order valence-electron chi connectivity index (χ2n) is 5.09. The first kappa shape index (κ1) is 11.6. The normalized spacial score (nSPS) is 30.2. The van der Waals surface area contributed by atoms with E-state index in [0.717, 1.165) is 24.7 Å². The molecule has 1 aromatic rings. The Bertz CT molecular complexity index is 466. The Hall–Kier alpha value is -0.900. The van der Waals surface area contributed by atoms with E-state index in [4.69, 9.17) is 12.2 Å². The van der Waals surface area contributed by atoms with Gasteiger partial charge in [-0.1, -0.05) is 13.8 Å². The third kappa shape index (κ3) is 2.43. The molecule has 4 heteroatoms. The molecule has 1 aromatic heterocycles. The summed E-state index contributed by atoms with van der Waals surface area (Å²) in [5.74, 6) is 1.48. The van der Waals surface area contributed by atoms with E-state index in [1.165, 1.54) is 6.42 Å². The molecule has 1 saturated carbocycles. The average Bonchev–Trinajstić information content (AvgIpc) is 2.15. The minimum atomic E-state index is -0.113. The van der Waals surface area contributed by atoms with Crippen LogP contribution in [-0.2, 0) is 0 Å². The SMILES string of the molecule is CC1CC(C)CC(n2ccc(=O)[nH]c2=S)C1. The lowest BCUT2D eigenvalue weighted by Gasteiger charge is -2.32. The molecule has 2 atom stereocenters. The van der Waals surface area contributed by atoms with Gasteiger partial charge >= 0.3 is 0 Å². The second-order valence-corrected chi connectivity index (χ2v) is 5.48. The van der Waals surface area contributed by atoms with Gasteiger partial charge in [-0.25, -0.2) is 0 Å². The molecule has 0 radical (unpaired) electrons. The van der Waals surface area contributed by atoms with Crippen LogP contribution < -0.4 is 5.56 Å². The van der Waals surface area contributed by atoms with E-state index in [2.05, 4.69) is 18.8 Å². The lowest BCUT2D eigenvalue weighted by atomic mass is 9.80. The highest BCUT2D eigenvalue weighted by Gasteiger charge is 2.24. The molecule has 1 aliphatic rings. The average molecular weight is 238 g/mol. The van der Waals surface area contributed by atoms with E-state index in [9.17, 15) is 4.79 Å². The molecular formula is C12H18N2OS. The predicted molar refractivity (Wildman–Crippen MR) is 67.1 cm³/mol. The van der Waals surface area contributed by atoms with E-state index in [1.54, 1.807) is 6.07 Å². The van der Waals surface area contributed by atoms with Gasteiger partial charge in [0.25, 0.3) is 5.56 Å². The smallest absolute Gasteiger partial charge is 0.251 e. The molecule has 0 saturated heterocycles. The monoisotopic (exact) mass is 238 g/mol. The van der Waals surface area contributed by atoms with Crippen LogP contribution in [0.1, 0.15) is 39.2 Å². The van der Waals surface area contributed by atoms with Gasteiger partial charge in [0, 0.05) is 18.3 Å². The summed E-state index contributed by atoms with van der Waals surface area (Å²) in [7, 11) is 0. The Balaban J connectivity index is 2.30. The quantitative estimate of drug-likeness (QED) is 0.764. The first-order valence-electron chi connectivity index (χ1n) is 5.87. The van der Waals surface area contributed by atoms with Crippen molar-refractivity contribution < 1.29 is 0 Å². The molecule has 1 fully saturated rings. The van der Waals surface area contributed by atoms with Crippen molar-refractivity contribution in [2.45, 2.75) is 39.2 Å². The summed E-state index contributed by atoms with van der Waals surface area (Å²) in [6.07, 6.45) is 5.44. The molecule has 2 unspecified atom stereocenters. The number of aromatic amines is 1. The lowest BCUT2D eigenvalue weighted by molar-refractivity contribution is 0.218. The number of hydrogen-bond donors (Lipinski definition) is 1. The fourth-order valence-electron chi connectivity index (χ4n) is 2.85. The highest BCUT2D eigenvalue weighted by Crippen LogP contribution is 2.35. The summed E-state index contributed by atoms with van der Waals surface area (Å²) in [5.41, 5.74) is -0.113. The molecule has 3 nitrogen and oxygen atoms in total. The van der Waals surface area contributed by atoms with Gasteiger partial charge in [0.1, 0.15) is 0 Å². The summed E-state index contributed by atoms with van der Waals surface area (Å²) < 4.78 is 2.60. The van der Waals surface area contributed by atoms with Crippen LogP contribution in [0.3, 0.4) is 0 Å². The fourth-order valence-corrected chi connectivity index (χ4v) is 3.16. The summed E-state index contributed by atoms with van der Waals surface area (Å²) in [5, 5.41) is 0. The molecule has 2 rings (SSSR count). The van der Waals surface area contributed by atoms with Gasteiger partial charge < -0.3 is 4.57 Å². The van der Waals surface area contributed by atoms with Crippen LogP contribution >= 0.6 is 12.2 Å². The number of nitrogens with one attached hydrogen (secondary N) is 1.